The van der Waals surface area contributed by atoms with Crippen LogP contribution in [0.5, 0.6) is 11.5 Å². The average Bonchev–Trinajstić information content (AvgIpc) is 2.56. The van der Waals surface area contributed by atoms with E-state index in [0.717, 1.165) is 4.47 Å². The number of carbonyl (C=O) groups is 2. The van der Waals surface area contributed by atoms with E-state index in [2.05, 4.69) is 21.2 Å². The monoisotopic (exact) mass is 411 g/mol. The highest BCUT2D eigenvalue weighted by Crippen LogP contribution is 2.28. The van der Waals surface area contributed by atoms with Crippen LogP contribution in [0.1, 0.15) is 17.3 Å². The van der Waals surface area contributed by atoms with Gasteiger partial charge in [-0.1, -0.05) is 27.5 Å². The lowest BCUT2D eigenvalue weighted by Gasteiger charge is -2.13. The summed E-state index contributed by atoms with van der Waals surface area (Å²) in [6.07, 6.45) is 0.717. The molecule has 0 saturated carbocycles. The van der Waals surface area contributed by atoms with Crippen LogP contribution in [0, 0.1) is 0 Å². The molecule has 0 fully saturated rings. The normalized spacial score (nSPS) is 10.1. The molecule has 0 unspecified atom stereocenters. The smallest absolute Gasteiger partial charge is 0.262 e. The third-order valence-electron chi connectivity index (χ3n) is 2.97. The molecule has 7 heteroatoms. The fourth-order valence-corrected chi connectivity index (χ4v) is 2.63. The minimum absolute atomic E-state index is 0.215. The van der Waals surface area contributed by atoms with Crippen molar-refractivity contribution >= 4 is 45.4 Å². The highest BCUT2D eigenvalue weighted by molar-refractivity contribution is 9.10. The third kappa shape index (κ3) is 4.97. The second kappa shape index (κ2) is 8.70. The van der Waals surface area contributed by atoms with Crippen LogP contribution in [-0.2, 0) is 4.79 Å². The van der Waals surface area contributed by atoms with Crippen LogP contribution in [0.25, 0.3) is 0 Å². The lowest BCUT2D eigenvalue weighted by Crippen LogP contribution is -2.20. The van der Waals surface area contributed by atoms with Gasteiger partial charge in [-0.2, -0.15) is 0 Å². The Morgan fingerprint density at radius 2 is 2.00 bits per heavy atom. The minimum atomic E-state index is -0.360. The van der Waals surface area contributed by atoms with E-state index in [1.807, 2.05) is 6.92 Å². The topological polar surface area (TPSA) is 64.6 Å². The molecule has 2 aromatic carbocycles. The van der Waals surface area contributed by atoms with Crippen LogP contribution in [-0.4, -0.2) is 25.4 Å². The second-order valence-electron chi connectivity index (χ2n) is 4.72. The lowest BCUT2D eigenvalue weighted by molar-refractivity contribution is -0.118. The Morgan fingerprint density at radius 1 is 1.21 bits per heavy atom. The van der Waals surface area contributed by atoms with Gasteiger partial charge in [-0.05, 0) is 43.3 Å². The molecule has 2 aromatic rings. The zero-order chi connectivity index (χ0) is 17.5. The molecule has 0 spiro atoms. The number of hydrogen-bond donors (Lipinski definition) is 1. The molecule has 0 saturated heterocycles. The number of carbonyl (C=O) groups excluding carboxylic acids is 2. The summed E-state index contributed by atoms with van der Waals surface area (Å²) in [6.45, 7) is 2.02. The number of nitrogens with one attached hydrogen (secondary N) is 1. The maximum atomic E-state index is 12.0. The zero-order valence-electron chi connectivity index (χ0n) is 12.8. The summed E-state index contributed by atoms with van der Waals surface area (Å²) in [6, 6.07) is 9.89. The molecule has 0 aromatic heterocycles. The van der Waals surface area contributed by atoms with Gasteiger partial charge < -0.3 is 14.8 Å². The maximum Gasteiger partial charge on any atom is 0.262 e. The molecule has 126 valence electrons. The number of benzene rings is 2. The minimum Gasteiger partial charge on any atom is -0.490 e. The first-order valence-corrected chi connectivity index (χ1v) is 8.30. The Bertz CT molecular complexity index is 751. The molecule has 2 rings (SSSR count). The predicted molar refractivity (Wildman–Crippen MR) is 96.3 cm³/mol. The molecule has 5 nitrogen and oxygen atoms in total. The van der Waals surface area contributed by atoms with Gasteiger partial charge in [0.25, 0.3) is 5.91 Å². The number of amides is 1. The van der Waals surface area contributed by atoms with Crippen LogP contribution < -0.4 is 14.8 Å². The van der Waals surface area contributed by atoms with Gasteiger partial charge in [0.2, 0.25) is 0 Å². The molecule has 0 radical (unpaired) electrons. The molecule has 0 heterocycles. The van der Waals surface area contributed by atoms with Crippen molar-refractivity contribution in [2.24, 2.45) is 0 Å². The molecule has 1 amide bonds. The van der Waals surface area contributed by atoms with Gasteiger partial charge in [0.15, 0.2) is 18.1 Å². The van der Waals surface area contributed by atoms with Gasteiger partial charge >= 0.3 is 0 Å². The SMILES string of the molecule is CCOc1cc(C=O)ccc1OCC(=O)Nc1ccc(Br)cc1Cl. The summed E-state index contributed by atoms with van der Waals surface area (Å²) in [5.41, 5.74) is 0.965. The third-order valence-corrected chi connectivity index (χ3v) is 3.77. The molecule has 0 bridgehead atoms. The standard InChI is InChI=1S/C17H15BrClNO4/c1-2-23-16-7-11(9-21)3-6-15(16)24-10-17(22)20-14-5-4-12(18)8-13(14)19/h3-9H,2,10H2,1H3,(H,20,22). The lowest BCUT2D eigenvalue weighted by atomic mass is 10.2. The quantitative estimate of drug-likeness (QED) is 0.687. The van der Waals surface area contributed by atoms with E-state index in [0.29, 0.717) is 40.7 Å². The van der Waals surface area contributed by atoms with Crippen molar-refractivity contribution in [3.8, 4) is 11.5 Å². The van der Waals surface area contributed by atoms with E-state index < -0.39 is 0 Å². The Hall–Kier alpha value is -2.05. The van der Waals surface area contributed by atoms with Crippen molar-refractivity contribution in [2.45, 2.75) is 6.92 Å². The molecule has 1 N–H and O–H groups in total. The molecule has 0 aliphatic carbocycles. The van der Waals surface area contributed by atoms with Gasteiger partial charge in [-0.25, -0.2) is 0 Å². The van der Waals surface area contributed by atoms with Crippen LogP contribution in [0.4, 0.5) is 5.69 Å². The van der Waals surface area contributed by atoms with E-state index in [4.69, 9.17) is 21.1 Å². The van der Waals surface area contributed by atoms with Crippen molar-refractivity contribution in [3.63, 3.8) is 0 Å². The summed E-state index contributed by atoms with van der Waals surface area (Å²) in [4.78, 5) is 22.8. The summed E-state index contributed by atoms with van der Waals surface area (Å²) in [5.74, 6) is 0.442. The van der Waals surface area contributed by atoms with E-state index >= 15 is 0 Å². The first-order valence-electron chi connectivity index (χ1n) is 7.13. The Labute approximate surface area is 153 Å². The van der Waals surface area contributed by atoms with Gasteiger partial charge in [0.05, 0.1) is 17.3 Å². The number of anilines is 1. The number of hydrogen-bond acceptors (Lipinski definition) is 4. The Kier molecular flexibility index (Phi) is 6.63. The molecular formula is C17H15BrClNO4. The van der Waals surface area contributed by atoms with Crippen LogP contribution in [0.15, 0.2) is 40.9 Å². The summed E-state index contributed by atoms with van der Waals surface area (Å²) >= 11 is 9.35. The second-order valence-corrected chi connectivity index (χ2v) is 6.04. The van der Waals surface area contributed by atoms with Crippen LogP contribution in [0.2, 0.25) is 5.02 Å². The van der Waals surface area contributed by atoms with E-state index in [1.165, 1.54) is 0 Å². The Balaban J connectivity index is 2.02. The Morgan fingerprint density at radius 3 is 2.67 bits per heavy atom. The first kappa shape index (κ1) is 18.3. The summed E-state index contributed by atoms with van der Waals surface area (Å²) < 4.78 is 11.7. The molecule has 0 aliphatic heterocycles. The number of ether oxygens (including phenoxy) is 2. The van der Waals surface area contributed by atoms with E-state index in [9.17, 15) is 9.59 Å². The average molecular weight is 413 g/mol. The van der Waals surface area contributed by atoms with Crippen molar-refractivity contribution in [3.05, 3.63) is 51.5 Å². The maximum absolute atomic E-state index is 12.0. The largest absolute Gasteiger partial charge is 0.490 e. The van der Waals surface area contributed by atoms with Gasteiger partial charge in [0.1, 0.15) is 6.29 Å². The molecule has 0 aliphatic rings. The first-order chi connectivity index (χ1) is 11.5. The molecular weight excluding hydrogens is 398 g/mol. The molecule has 0 atom stereocenters. The highest BCUT2D eigenvalue weighted by Gasteiger charge is 2.11. The summed E-state index contributed by atoms with van der Waals surface area (Å²) in [5, 5.41) is 3.09. The van der Waals surface area contributed by atoms with Crippen molar-refractivity contribution in [2.75, 3.05) is 18.5 Å². The fraction of sp³-hybridized carbons (Fsp3) is 0.176. The predicted octanol–water partition coefficient (Wildman–Crippen LogP) is 4.33. The number of aldehydes is 1. The van der Waals surface area contributed by atoms with Crippen molar-refractivity contribution in [1.82, 2.24) is 0 Å². The highest BCUT2D eigenvalue weighted by atomic mass is 79.9. The number of rotatable bonds is 7. The van der Waals surface area contributed by atoms with Crippen LogP contribution >= 0.6 is 27.5 Å². The van der Waals surface area contributed by atoms with Crippen LogP contribution in [0.3, 0.4) is 0 Å². The van der Waals surface area contributed by atoms with Gasteiger partial charge in [0, 0.05) is 10.0 Å². The number of halogens is 2. The van der Waals surface area contributed by atoms with Crippen molar-refractivity contribution < 1.29 is 19.1 Å². The zero-order valence-corrected chi connectivity index (χ0v) is 15.2. The van der Waals surface area contributed by atoms with Gasteiger partial charge in [-0.3, -0.25) is 9.59 Å². The van der Waals surface area contributed by atoms with Gasteiger partial charge in [-0.15, -0.1) is 0 Å². The van der Waals surface area contributed by atoms with E-state index in [-0.39, 0.29) is 12.5 Å². The molecule has 24 heavy (non-hydrogen) atoms. The summed E-state index contributed by atoms with van der Waals surface area (Å²) in [7, 11) is 0. The van der Waals surface area contributed by atoms with Crippen molar-refractivity contribution in [1.29, 1.82) is 0 Å². The van der Waals surface area contributed by atoms with E-state index in [1.54, 1.807) is 36.4 Å². The fourth-order valence-electron chi connectivity index (χ4n) is 1.91.